The van der Waals surface area contributed by atoms with E-state index in [4.69, 9.17) is 0 Å². The third-order valence-corrected chi connectivity index (χ3v) is 5.23. The third kappa shape index (κ3) is 3.97. The first-order chi connectivity index (χ1) is 11.9. The van der Waals surface area contributed by atoms with Gasteiger partial charge < -0.3 is 15.1 Å². The second kappa shape index (κ2) is 7.20. The van der Waals surface area contributed by atoms with Gasteiger partial charge in [-0.15, -0.1) is 0 Å². The number of nitro groups is 1. The quantitative estimate of drug-likeness (QED) is 0.670. The number of hydrogen-bond donors (Lipinski definition) is 1. The normalized spacial score (nSPS) is 15.2. The Bertz CT molecular complexity index is 797. The second-order valence-corrected chi connectivity index (χ2v) is 7.06. The van der Waals surface area contributed by atoms with E-state index in [2.05, 4.69) is 28.2 Å². The molecule has 1 aromatic carbocycles. The van der Waals surface area contributed by atoms with Crippen LogP contribution in [0, 0.1) is 17.0 Å². The fourth-order valence-electron chi connectivity index (χ4n) is 2.78. The van der Waals surface area contributed by atoms with Gasteiger partial charge in [0.1, 0.15) is 0 Å². The first-order valence-electron chi connectivity index (χ1n) is 8.02. The number of rotatable bonds is 4. The third-order valence-electron chi connectivity index (χ3n) is 4.35. The van der Waals surface area contributed by atoms with Crippen molar-refractivity contribution in [3.05, 3.63) is 50.9 Å². The Kier molecular flexibility index (Phi) is 5.00. The van der Waals surface area contributed by atoms with E-state index in [-0.39, 0.29) is 10.9 Å². The molecular formula is C17H20N4O3S. The van der Waals surface area contributed by atoms with Gasteiger partial charge in [0.25, 0.3) is 5.91 Å². The van der Waals surface area contributed by atoms with E-state index in [1.807, 2.05) is 19.1 Å². The number of nitrogens with one attached hydrogen (secondary N) is 1. The highest BCUT2D eigenvalue weighted by molar-refractivity contribution is 7.13. The van der Waals surface area contributed by atoms with Crippen molar-refractivity contribution in [2.24, 2.45) is 0 Å². The Labute approximate surface area is 150 Å². The van der Waals surface area contributed by atoms with Gasteiger partial charge in [0.2, 0.25) is 0 Å². The standard InChI is InChI=1S/C17H20N4O3S/c1-12-9-14(20-7-5-19(2)6-8-20)3-4-15(12)18-17(22)13-10-16(21(23)24)25-11-13/h3-4,9-11H,5-8H2,1-2H3,(H,18,22). The predicted molar refractivity (Wildman–Crippen MR) is 99.8 cm³/mol. The molecule has 3 rings (SSSR count). The molecule has 1 saturated heterocycles. The summed E-state index contributed by atoms with van der Waals surface area (Å²) in [5.74, 6) is -0.334. The minimum atomic E-state index is -0.489. The van der Waals surface area contributed by atoms with Gasteiger partial charge in [0.05, 0.1) is 10.5 Å². The summed E-state index contributed by atoms with van der Waals surface area (Å²) in [5, 5.41) is 15.0. The molecule has 0 aliphatic carbocycles. The molecule has 1 N–H and O–H groups in total. The summed E-state index contributed by atoms with van der Waals surface area (Å²) < 4.78 is 0. The van der Waals surface area contributed by atoms with Crippen LogP contribution in [0.4, 0.5) is 16.4 Å². The molecule has 7 nitrogen and oxygen atoms in total. The fourth-order valence-corrected chi connectivity index (χ4v) is 3.49. The number of carbonyl (C=O) groups excluding carboxylic acids is 1. The Morgan fingerprint density at radius 2 is 1.96 bits per heavy atom. The van der Waals surface area contributed by atoms with E-state index in [0.717, 1.165) is 54.5 Å². The summed E-state index contributed by atoms with van der Waals surface area (Å²) in [5.41, 5.74) is 3.14. The summed E-state index contributed by atoms with van der Waals surface area (Å²) in [6.07, 6.45) is 0. The number of thiophene rings is 1. The molecule has 0 saturated carbocycles. The topological polar surface area (TPSA) is 78.7 Å². The lowest BCUT2D eigenvalue weighted by Gasteiger charge is -2.34. The van der Waals surface area contributed by atoms with Crippen LogP contribution in [0.3, 0.4) is 0 Å². The maximum atomic E-state index is 12.3. The van der Waals surface area contributed by atoms with Crippen molar-refractivity contribution >= 4 is 33.6 Å². The molecule has 1 amide bonds. The van der Waals surface area contributed by atoms with Crippen LogP contribution in [0.5, 0.6) is 0 Å². The molecule has 8 heteroatoms. The molecule has 2 aromatic rings. The molecule has 132 valence electrons. The molecule has 1 aromatic heterocycles. The number of aryl methyl sites for hydroxylation is 1. The Morgan fingerprint density at radius 1 is 1.24 bits per heavy atom. The number of hydrogen-bond acceptors (Lipinski definition) is 6. The lowest BCUT2D eigenvalue weighted by Crippen LogP contribution is -2.44. The molecule has 0 radical (unpaired) electrons. The second-order valence-electron chi connectivity index (χ2n) is 6.17. The van der Waals surface area contributed by atoms with Crippen molar-refractivity contribution in [3.8, 4) is 0 Å². The molecular weight excluding hydrogens is 340 g/mol. The lowest BCUT2D eigenvalue weighted by atomic mass is 10.1. The highest BCUT2D eigenvalue weighted by Gasteiger charge is 2.17. The summed E-state index contributed by atoms with van der Waals surface area (Å²) in [7, 11) is 2.12. The van der Waals surface area contributed by atoms with E-state index in [1.54, 1.807) is 0 Å². The predicted octanol–water partition coefficient (Wildman–Crippen LogP) is 2.97. The van der Waals surface area contributed by atoms with Crippen LogP contribution in [0.2, 0.25) is 0 Å². The molecule has 0 spiro atoms. The molecule has 1 fully saturated rings. The summed E-state index contributed by atoms with van der Waals surface area (Å²) in [6.45, 7) is 5.99. The van der Waals surface area contributed by atoms with Crippen LogP contribution >= 0.6 is 11.3 Å². The van der Waals surface area contributed by atoms with Crippen LogP contribution in [0.25, 0.3) is 0 Å². The van der Waals surface area contributed by atoms with E-state index in [9.17, 15) is 14.9 Å². The van der Waals surface area contributed by atoms with Gasteiger partial charge in [0.15, 0.2) is 0 Å². The average Bonchev–Trinajstić information content (AvgIpc) is 3.08. The zero-order valence-electron chi connectivity index (χ0n) is 14.2. The zero-order chi connectivity index (χ0) is 18.0. The Hall–Kier alpha value is -2.45. The van der Waals surface area contributed by atoms with Crippen LogP contribution in [0.1, 0.15) is 15.9 Å². The number of amides is 1. The summed E-state index contributed by atoms with van der Waals surface area (Å²) in [4.78, 5) is 27.2. The van der Waals surface area contributed by atoms with Gasteiger partial charge in [-0.05, 0) is 37.7 Å². The van der Waals surface area contributed by atoms with Crippen molar-refractivity contribution in [2.75, 3.05) is 43.4 Å². The van der Waals surface area contributed by atoms with Crippen LogP contribution in [-0.2, 0) is 0 Å². The monoisotopic (exact) mass is 360 g/mol. The number of benzene rings is 1. The lowest BCUT2D eigenvalue weighted by molar-refractivity contribution is -0.380. The summed E-state index contributed by atoms with van der Waals surface area (Å²) in [6, 6.07) is 7.26. The SMILES string of the molecule is Cc1cc(N2CCN(C)CC2)ccc1NC(=O)c1csc([N+](=O)[O-])c1. The fraction of sp³-hybridized carbons (Fsp3) is 0.353. The smallest absolute Gasteiger partial charge is 0.324 e. The average molecular weight is 360 g/mol. The minimum absolute atomic E-state index is 0.0349. The molecule has 1 aliphatic heterocycles. The number of nitrogens with zero attached hydrogens (tertiary/aromatic N) is 3. The van der Waals surface area contributed by atoms with E-state index in [0.29, 0.717) is 5.56 Å². The molecule has 0 atom stereocenters. The van der Waals surface area contributed by atoms with Gasteiger partial charge in [-0.3, -0.25) is 14.9 Å². The van der Waals surface area contributed by atoms with Gasteiger partial charge in [-0.25, -0.2) is 0 Å². The van der Waals surface area contributed by atoms with Crippen molar-refractivity contribution in [1.82, 2.24) is 4.90 Å². The van der Waals surface area contributed by atoms with E-state index < -0.39 is 4.92 Å². The molecule has 0 unspecified atom stereocenters. The first-order valence-corrected chi connectivity index (χ1v) is 8.90. The summed E-state index contributed by atoms with van der Waals surface area (Å²) >= 11 is 0.952. The van der Waals surface area contributed by atoms with Gasteiger partial charge in [0, 0.05) is 49.0 Å². The Morgan fingerprint density at radius 3 is 2.56 bits per heavy atom. The van der Waals surface area contributed by atoms with E-state index >= 15 is 0 Å². The van der Waals surface area contributed by atoms with Gasteiger partial charge >= 0.3 is 5.00 Å². The minimum Gasteiger partial charge on any atom is -0.369 e. The van der Waals surface area contributed by atoms with Crippen molar-refractivity contribution in [1.29, 1.82) is 0 Å². The maximum Gasteiger partial charge on any atom is 0.324 e. The largest absolute Gasteiger partial charge is 0.369 e. The zero-order valence-corrected chi connectivity index (χ0v) is 15.0. The van der Waals surface area contributed by atoms with Crippen LogP contribution < -0.4 is 10.2 Å². The van der Waals surface area contributed by atoms with Crippen LogP contribution in [-0.4, -0.2) is 49.0 Å². The Balaban J connectivity index is 1.70. The van der Waals surface area contributed by atoms with Crippen molar-refractivity contribution in [2.45, 2.75) is 6.92 Å². The highest BCUT2D eigenvalue weighted by atomic mass is 32.1. The van der Waals surface area contributed by atoms with Crippen molar-refractivity contribution in [3.63, 3.8) is 0 Å². The van der Waals surface area contributed by atoms with E-state index in [1.165, 1.54) is 11.4 Å². The maximum absolute atomic E-state index is 12.3. The van der Waals surface area contributed by atoms with Crippen molar-refractivity contribution < 1.29 is 9.72 Å². The number of likely N-dealkylation sites (N-methyl/N-ethyl adjacent to an activating group) is 1. The molecule has 0 bridgehead atoms. The first kappa shape index (κ1) is 17.4. The number of piperazine rings is 1. The van der Waals surface area contributed by atoms with Gasteiger partial charge in [-0.2, -0.15) is 0 Å². The molecule has 25 heavy (non-hydrogen) atoms. The number of anilines is 2. The number of carbonyl (C=O) groups is 1. The molecule has 1 aliphatic rings. The molecule has 2 heterocycles. The van der Waals surface area contributed by atoms with Gasteiger partial charge in [-0.1, -0.05) is 11.3 Å². The van der Waals surface area contributed by atoms with Crippen LogP contribution in [0.15, 0.2) is 29.6 Å². The highest BCUT2D eigenvalue weighted by Crippen LogP contribution is 2.26.